The molecule has 114 valence electrons. The van der Waals surface area contributed by atoms with E-state index in [2.05, 4.69) is 21.7 Å². The van der Waals surface area contributed by atoms with E-state index in [0.29, 0.717) is 18.8 Å². The summed E-state index contributed by atoms with van der Waals surface area (Å²) in [7, 11) is 0. The Bertz CT molecular complexity index is 725. The fourth-order valence-electron chi connectivity index (χ4n) is 2.02. The molecular weight excluding hydrogens is 276 g/mol. The Kier molecular flexibility index (Phi) is 4.62. The lowest BCUT2D eigenvalue weighted by Crippen LogP contribution is -2.37. The fraction of sp³-hybridized carbons (Fsp3) is 0.353. The zero-order chi connectivity index (χ0) is 16.2. The van der Waals surface area contributed by atoms with E-state index < -0.39 is 5.41 Å². The lowest BCUT2D eigenvalue weighted by molar-refractivity contribution is -0.128. The smallest absolute Gasteiger partial charge is 0.225 e. The highest BCUT2D eigenvalue weighted by molar-refractivity contribution is 5.91. The van der Waals surface area contributed by atoms with Crippen molar-refractivity contribution in [2.45, 2.75) is 20.8 Å². The Labute approximate surface area is 130 Å². The van der Waals surface area contributed by atoms with Gasteiger partial charge in [0.15, 0.2) is 0 Å². The third-order valence-electron chi connectivity index (χ3n) is 3.24. The molecule has 1 aromatic carbocycles. The Morgan fingerprint density at radius 3 is 2.68 bits per heavy atom. The quantitative estimate of drug-likeness (QED) is 0.850. The molecule has 2 N–H and O–H groups in total. The number of hydrogen-bond donors (Lipinski definition) is 2. The summed E-state index contributed by atoms with van der Waals surface area (Å²) < 4.78 is 0. The number of nitrogens with zero attached hydrogens (tertiary/aromatic N) is 2. The van der Waals surface area contributed by atoms with Crippen LogP contribution in [0.1, 0.15) is 26.5 Å². The van der Waals surface area contributed by atoms with Crippen molar-refractivity contribution >= 4 is 22.5 Å². The molecule has 2 aromatic rings. The largest absolute Gasteiger partial charge is 0.383 e. The van der Waals surface area contributed by atoms with Crippen molar-refractivity contribution < 1.29 is 4.79 Å². The second-order valence-corrected chi connectivity index (χ2v) is 6.12. The molecule has 0 aliphatic carbocycles. The molecule has 0 aliphatic heterocycles. The van der Waals surface area contributed by atoms with Crippen LogP contribution in [0.15, 0.2) is 30.3 Å². The van der Waals surface area contributed by atoms with Gasteiger partial charge in [-0.2, -0.15) is 5.26 Å². The van der Waals surface area contributed by atoms with Crippen molar-refractivity contribution in [1.82, 2.24) is 10.3 Å². The number of carbonyl (C=O) groups excluding carboxylic acids is 1. The van der Waals surface area contributed by atoms with Crippen LogP contribution in [0.3, 0.4) is 0 Å². The van der Waals surface area contributed by atoms with E-state index in [0.717, 1.165) is 16.6 Å². The van der Waals surface area contributed by atoms with Gasteiger partial charge >= 0.3 is 0 Å². The van der Waals surface area contributed by atoms with E-state index in [1.54, 1.807) is 6.07 Å². The molecule has 22 heavy (non-hydrogen) atoms. The van der Waals surface area contributed by atoms with Crippen LogP contribution in [-0.4, -0.2) is 24.0 Å². The molecule has 0 aliphatic rings. The van der Waals surface area contributed by atoms with Gasteiger partial charge in [-0.1, -0.05) is 39.0 Å². The Balaban J connectivity index is 2.06. The summed E-state index contributed by atoms with van der Waals surface area (Å²) in [5, 5.41) is 16.2. The Morgan fingerprint density at radius 1 is 1.27 bits per heavy atom. The molecule has 1 amide bonds. The number of benzene rings is 1. The number of pyridine rings is 1. The molecule has 5 nitrogen and oxygen atoms in total. The number of carbonyl (C=O) groups is 1. The van der Waals surface area contributed by atoms with Crippen molar-refractivity contribution in [3.8, 4) is 6.07 Å². The summed E-state index contributed by atoms with van der Waals surface area (Å²) in [4.78, 5) is 16.1. The van der Waals surface area contributed by atoms with Gasteiger partial charge in [-0.25, -0.2) is 4.98 Å². The lowest BCUT2D eigenvalue weighted by atomic mass is 9.96. The maximum absolute atomic E-state index is 11.8. The number of anilines is 1. The first-order chi connectivity index (χ1) is 10.4. The first kappa shape index (κ1) is 15.8. The molecule has 0 atom stereocenters. The van der Waals surface area contributed by atoms with Gasteiger partial charge in [0.25, 0.3) is 0 Å². The Hall–Kier alpha value is -2.61. The second-order valence-electron chi connectivity index (χ2n) is 6.12. The summed E-state index contributed by atoms with van der Waals surface area (Å²) in [5.41, 5.74) is 1.62. The number of hydrogen-bond acceptors (Lipinski definition) is 4. The molecule has 0 fully saturated rings. The molecule has 2 rings (SSSR count). The van der Waals surface area contributed by atoms with Crippen molar-refractivity contribution in [2.24, 2.45) is 5.41 Å². The molecule has 5 heteroatoms. The minimum absolute atomic E-state index is 0.0200. The van der Waals surface area contributed by atoms with Crippen LogP contribution in [-0.2, 0) is 4.79 Å². The normalized spacial score (nSPS) is 11.0. The van der Waals surface area contributed by atoms with Gasteiger partial charge < -0.3 is 10.6 Å². The molecule has 0 saturated heterocycles. The number of fused-ring (bicyclic) bond motifs is 1. The van der Waals surface area contributed by atoms with Crippen LogP contribution >= 0.6 is 0 Å². The van der Waals surface area contributed by atoms with E-state index in [4.69, 9.17) is 5.26 Å². The molecule has 1 heterocycles. The van der Waals surface area contributed by atoms with E-state index in [9.17, 15) is 4.79 Å². The molecular formula is C17H20N4O. The number of rotatable bonds is 4. The summed E-state index contributed by atoms with van der Waals surface area (Å²) in [6.07, 6.45) is 0. The monoisotopic (exact) mass is 296 g/mol. The van der Waals surface area contributed by atoms with Gasteiger partial charge in [0, 0.05) is 29.6 Å². The van der Waals surface area contributed by atoms with E-state index in [-0.39, 0.29) is 5.91 Å². The minimum atomic E-state index is -0.392. The van der Waals surface area contributed by atoms with Crippen LogP contribution in [0.4, 0.5) is 5.69 Å². The van der Waals surface area contributed by atoms with Crippen molar-refractivity contribution in [3.63, 3.8) is 0 Å². The third-order valence-corrected chi connectivity index (χ3v) is 3.24. The van der Waals surface area contributed by atoms with Gasteiger partial charge in [0.2, 0.25) is 5.91 Å². The van der Waals surface area contributed by atoms with Crippen LogP contribution in [0.2, 0.25) is 0 Å². The standard InChI is InChI=1S/C17H20N4O/c1-17(2,3)16(22)20-9-8-19-15-10-12(11-18)21-14-7-5-4-6-13(14)15/h4-7,10H,8-9H2,1-3H3,(H,19,21)(H,20,22). The third kappa shape index (κ3) is 3.73. The number of nitrogens with one attached hydrogen (secondary N) is 2. The van der Waals surface area contributed by atoms with Gasteiger partial charge in [-0.3, -0.25) is 4.79 Å². The molecule has 0 radical (unpaired) electrons. The molecule has 0 spiro atoms. The summed E-state index contributed by atoms with van der Waals surface area (Å²) in [6.45, 7) is 6.75. The SMILES string of the molecule is CC(C)(C)C(=O)NCCNc1cc(C#N)nc2ccccc12. The molecule has 0 unspecified atom stereocenters. The van der Waals surface area contributed by atoms with Gasteiger partial charge in [-0.05, 0) is 12.1 Å². The fourth-order valence-corrected chi connectivity index (χ4v) is 2.02. The first-order valence-corrected chi connectivity index (χ1v) is 7.24. The second kappa shape index (κ2) is 6.44. The van der Waals surface area contributed by atoms with E-state index >= 15 is 0 Å². The van der Waals surface area contributed by atoms with Crippen LogP contribution < -0.4 is 10.6 Å². The van der Waals surface area contributed by atoms with E-state index in [1.165, 1.54) is 0 Å². The van der Waals surface area contributed by atoms with Gasteiger partial charge in [0.1, 0.15) is 11.8 Å². The maximum atomic E-state index is 11.8. The zero-order valence-electron chi connectivity index (χ0n) is 13.1. The summed E-state index contributed by atoms with van der Waals surface area (Å²) >= 11 is 0. The van der Waals surface area contributed by atoms with Gasteiger partial charge in [0.05, 0.1) is 5.52 Å². The molecule has 1 aromatic heterocycles. The number of para-hydroxylation sites is 1. The minimum Gasteiger partial charge on any atom is -0.383 e. The van der Waals surface area contributed by atoms with Crippen LogP contribution in [0.25, 0.3) is 10.9 Å². The van der Waals surface area contributed by atoms with Crippen LogP contribution in [0, 0.1) is 16.7 Å². The number of nitriles is 1. The highest BCUT2D eigenvalue weighted by Gasteiger charge is 2.20. The lowest BCUT2D eigenvalue weighted by Gasteiger charge is -2.18. The molecule has 0 saturated carbocycles. The zero-order valence-corrected chi connectivity index (χ0v) is 13.1. The average Bonchev–Trinajstić information content (AvgIpc) is 2.49. The van der Waals surface area contributed by atoms with Gasteiger partial charge in [-0.15, -0.1) is 0 Å². The number of aromatic nitrogens is 1. The maximum Gasteiger partial charge on any atom is 0.225 e. The molecule has 0 bridgehead atoms. The predicted octanol–water partition coefficient (Wildman–Crippen LogP) is 2.68. The van der Waals surface area contributed by atoms with E-state index in [1.807, 2.05) is 45.0 Å². The Morgan fingerprint density at radius 2 is 2.00 bits per heavy atom. The predicted molar refractivity (Wildman–Crippen MR) is 87.4 cm³/mol. The number of amides is 1. The van der Waals surface area contributed by atoms with Crippen molar-refractivity contribution in [3.05, 3.63) is 36.0 Å². The summed E-state index contributed by atoms with van der Waals surface area (Å²) in [5.74, 6) is 0.0200. The highest BCUT2D eigenvalue weighted by Crippen LogP contribution is 2.22. The van der Waals surface area contributed by atoms with Crippen molar-refractivity contribution in [2.75, 3.05) is 18.4 Å². The average molecular weight is 296 g/mol. The topological polar surface area (TPSA) is 77.8 Å². The highest BCUT2D eigenvalue weighted by atomic mass is 16.2. The first-order valence-electron chi connectivity index (χ1n) is 7.24. The summed E-state index contributed by atoms with van der Waals surface area (Å²) in [6, 6.07) is 11.5. The van der Waals surface area contributed by atoms with Crippen molar-refractivity contribution in [1.29, 1.82) is 5.26 Å². The van der Waals surface area contributed by atoms with Crippen LogP contribution in [0.5, 0.6) is 0 Å².